The lowest BCUT2D eigenvalue weighted by molar-refractivity contribution is 0.809. The first-order valence-electron chi connectivity index (χ1n) is 6.52. The van der Waals surface area contributed by atoms with Gasteiger partial charge in [-0.25, -0.2) is 15.0 Å². The van der Waals surface area contributed by atoms with E-state index in [0.29, 0.717) is 0 Å². The zero-order valence-corrected chi connectivity index (χ0v) is 12.1. The average Bonchev–Trinajstić information content (AvgIpc) is 2.40. The number of aromatic nitrogens is 3. The third kappa shape index (κ3) is 4.21. The summed E-state index contributed by atoms with van der Waals surface area (Å²) in [6.45, 7) is 5.05. The number of nitrogens with one attached hydrogen (secondary N) is 1. The Balaban J connectivity index is 2.23. The summed E-state index contributed by atoms with van der Waals surface area (Å²) in [6.07, 6.45) is 3.74. The highest BCUT2D eigenvalue weighted by Crippen LogP contribution is 2.25. The Morgan fingerprint density at radius 1 is 1.16 bits per heavy atom. The first-order valence-corrected chi connectivity index (χ1v) is 7.34. The highest BCUT2D eigenvalue weighted by Gasteiger charge is 2.06. The summed E-state index contributed by atoms with van der Waals surface area (Å²) >= 11 is 1.57. The van der Waals surface area contributed by atoms with Gasteiger partial charge in [-0.05, 0) is 37.2 Å². The molecule has 2 aromatic rings. The highest BCUT2D eigenvalue weighted by atomic mass is 32.2. The van der Waals surface area contributed by atoms with Crippen molar-refractivity contribution < 1.29 is 0 Å². The number of aryl methyl sites for hydroxylation is 1. The molecule has 5 heteroatoms. The van der Waals surface area contributed by atoms with Crippen LogP contribution in [-0.4, -0.2) is 21.5 Å². The largest absolute Gasteiger partial charge is 0.370 e. The molecule has 100 valence electrons. The number of hydrogen-bond acceptors (Lipinski definition) is 5. The van der Waals surface area contributed by atoms with Gasteiger partial charge >= 0.3 is 0 Å². The molecule has 0 aromatic carbocycles. The Bertz CT molecular complexity index is 492. The second-order valence-corrected chi connectivity index (χ2v) is 5.10. The van der Waals surface area contributed by atoms with Crippen LogP contribution in [0.2, 0.25) is 0 Å². The van der Waals surface area contributed by atoms with Gasteiger partial charge in [-0.3, -0.25) is 0 Å². The normalized spacial score (nSPS) is 10.4. The van der Waals surface area contributed by atoms with Crippen molar-refractivity contribution in [2.24, 2.45) is 0 Å². The third-order valence-corrected chi connectivity index (χ3v) is 3.30. The lowest BCUT2D eigenvalue weighted by atomic mass is 10.3. The van der Waals surface area contributed by atoms with Gasteiger partial charge in [0.1, 0.15) is 21.7 Å². The molecule has 0 bridgehead atoms. The predicted molar refractivity (Wildman–Crippen MR) is 78.6 cm³/mol. The topological polar surface area (TPSA) is 50.7 Å². The Morgan fingerprint density at radius 2 is 2.05 bits per heavy atom. The second-order valence-electron chi connectivity index (χ2n) is 4.06. The van der Waals surface area contributed by atoms with Gasteiger partial charge in [0, 0.05) is 25.2 Å². The van der Waals surface area contributed by atoms with Crippen LogP contribution in [0.15, 0.2) is 40.5 Å². The minimum Gasteiger partial charge on any atom is -0.370 e. The highest BCUT2D eigenvalue weighted by molar-refractivity contribution is 7.99. The molecule has 2 heterocycles. The van der Waals surface area contributed by atoms with E-state index in [2.05, 4.69) is 34.1 Å². The standard InChI is InChI=1S/C14H18N4S/c1-3-7-11-17-12(15-4-2)10-14(18-11)19-13-8-5-6-9-16-13/h5-6,8-10H,3-4,7H2,1-2H3,(H,15,17,18). The summed E-state index contributed by atoms with van der Waals surface area (Å²) in [5.41, 5.74) is 0. The second kappa shape index (κ2) is 7.09. The first-order chi connectivity index (χ1) is 9.31. The van der Waals surface area contributed by atoms with Crippen molar-refractivity contribution in [3.63, 3.8) is 0 Å². The molecule has 0 saturated heterocycles. The van der Waals surface area contributed by atoms with E-state index >= 15 is 0 Å². The maximum absolute atomic E-state index is 4.57. The summed E-state index contributed by atoms with van der Waals surface area (Å²) < 4.78 is 0. The molecular formula is C14H18N4S. The van der Waals surface area contributed by atoms with E-state index in [9.17, 15) is 0 Å². The predicted octanol–water partition coefficient (Wildman–Crippen LogP) is 3.41. The van der Waals surface area contributed by atoms with Crippen LogP contribution in [0.5, 0.6) is 0 Å². The fourth-order valence-corrected chi connectivity index (χ4v) is 2.44. The van der Waals surface area contributed by atoms with E-state index in [1.54, 1.807) is 18.0 Å². The summed E-state index contributed by atoms with van der Waals surface area (Å²) in [7, 11) is 0. The first kappa shape index (κ1) is 13.8. The molecule has 0 amide bonds. The van der Waals surface area contributed by atoms with Crippen LogP contribution >= 0.6 is 11.8 Å². The minimum atomic E-state index is 0.857. The van der Waals surface area contributed by atoms with Crippen LogP contribution in [0.25, 0.3) is 0 Å². The fraction of sp³-hybridized carbons (Fsp3) is 0.357. The van der Waals surface area contributed by atoms with E-state index in [0.717, 1.165) is 41.1 Å². The Hall–Kier alpha value is -1.62. The molecule has 2 aromatic heterocycles. The van der Waals surface area contributed by atoms with Crippen LogP contribution < -0.4 is 5.32 Å². The molecule has 0 fully saturated rings. The molecule has 19 heavy (non-hydrogen) atoms. The van der Waals surface area contributed by atoms with E-state index in [-0.39, 0.29) is 0 Å². The van der Waals surface area contributed by atoms with Crippen molar-refractivity contribution in [1.82, 2.24) is 15.0 Å². The molecule has 2 rings (SSSR count). The van der Waals surface area contributed by atoms with Gasteiger partial charge in [-0.15, -0.1) is 0 Å². The van der Waals surface area contributed by atoms with Crippen LogP contribution in [0.3, 0.4) is 0 Å². The van der Waals surface area contributed by atoms with Gasteiger partial charge in [0.05, 0.1) is 0 Å². The summed E-state index contributed by atoms with van der Waals surface area (Å²) in [5.74, 6) is 1.78. The van der Waals surface area contributed by atoms with Crippen molar-refractivity contribution in [1.29, 1.82) is 0 Å². The zero-order valence-electron chi connectivity index (χ0n) is 11.3. The van der Waals surface area contributed by atoms with Crippen molar-refractivity contribution >= 4 is 17.6 Å². The maximum Gasteiger partial charge on any atom is 0.132 e. The molecule has 4 nitrogen and oxygen atoms in total. The van der Waals surface area contributed by atoms with E-state index in [4.69, 9.17) is 0 Å². The van der Waals surface area contributed by atoms with Crippen LogP contribution in [0, 0.1) is 0 Å². The lowest BCUT2D eigenvalue weighted by Gasteiger charge is -2.07. The molecule has 0 atom stereocenters. The van der Waals surface area contributed by atoms with Gasteiger partial charge in [-0.1, -0.05) is 13.0 Å². The minimum absolute atomic E-state index is 0.857. The smallest absolute Gasteiger partial charge is 0.132 e. The summed E-state index contributed by atoms with van der Waals surface area (Å²) in [6, 6.07) is 7.85. The van der Waals surface area contributed by atoms with Gasteiger partial charge in [0.25, 0.3) is 0 Å². The molecule has 0 unspecified atom stereocenters. The number of pyridine rings is 1. The molecule has 0 aliphatic carbocycles. The van der Waals surface area contributed by atoms with Crippen LogP contribution in [0.4, 0.5) is 5.82 Å². The van der Waals surface area contributed by atoms with E-state index in [1.807, 2.05) is 24.3 Å². The number of nitrogens with zero attached hydrogens (tertiary/aromatic N) is 3. The van der Waals surface area contributed by atoms with E-state index in [1.165, 1.54) is 0 Å². The van der Waals surface area contributed by atoms with Crippen molar-refractivity contribution in [3.05, 3.63) is 36.3 Å². The molecule has 0 radical (unpaired) electrons. The summed E-state index contributed by atoms with van der Waals surface area (Å²) in [4.78, 5) is 13.4. The van der Waals surface area contributed by atoms with E-state index < -0.39 is 0 Å². The molecule has 0 aliphatic heterocycles. The Kier molecular flexibility index (Phi) is 5.15. The fourth-order valence-electron chi connectivity index (χ4n) is 1.65. The molecule has 0 aliphatic rings. The van der Waals surface area contributed by atoms with Crippen LogP contribution in [-0.2, 0) is 6.42 Å². The monoisotopic (exact) mass is 274 g/mol. The van der Waals surface area contributed by atoms with Gasteiger partial charge in [-0.2, -0.15) is 0 Å². The third-order valence-electron chi connectivity index (χ3n) is 2.43. The number of anilines is 1. The lowest BCUT2D eigenvalue weighted by Crippen LogP contribution is -2.04. The van der Waals surface area contributed by atoms with Gasteiger partial charge in [0.15, 0.2) is 0 Å². The summed E-state index contributed by atoms with van der Waals surface area (Å²) in [5, 5.41) is 5.14. The molecule has 0 saturated carbocycles. The maximum atomic E-state index is 4.57. The molecule has 1 N–H and O–H groups in total. The molecular weight excluding hydrogens is 256 g/mol. The van der Waals surface area contributed by atoms with Gasteiger partial charge < -0.3 is 5.32 Å². The quantitative estimate of drug-likeness (QED) is 0.818. The molecule has 0 spiro atoms. The van der Waals surface area contributed by atoms with Crippen molar-refractivity contribution in [3.8, 4) is 0 Å². The van der Waals surface area contributed by atoms with Gasteiger partial charge in [0.2, 0.25) is 0 Å². The van der Waals surface area contributed by atoms with Crippen molar-refractivity contribution in [2.45, 2.75) is 36.7 Å². The Morgan fingerprint density at radius 3 is 2.74 bits per heavy atom. The zero-order chi connectivity index (χ0) is 13.5. The Labute approximate surface area is 118 Å². The van der Waals surface area contributed by atoms with Crippen molar-refractivity contribution in [2.75, 3.05) is 11.9 Å². The van der Waals surface area contributed by atoms with Crippen LogP contribution in [0.1, 0.15) is 26.1 Å². The average molecular weight is 274 g/mol. The number of hydrogen-bond donors (Lipinski definition) is 1. The number of rotatable bonds is 6. The SMILES string of the molecule is CCCc1nc(NCC)cc(Sc2ccccn2)n1.